The highest BCUT2D eigenvalue weighted by Gasteiger charge is 2.12. The Balaban J connectivity index is 2.36. The fourth-order valence-electron chi connectivity index (χ4n) is 1.77. The fourth-order valence-corrected chi connectivity index (χ4v) is 1.77. The van der Waals surface area contributed by atoms with Gasteiger partial charge in [-0.1, -0.05) is 0 Å². The number of benzene rings is 1. The molecule has 2 heterocycles. The van der Waals surface area contributed by atoms with Gasteiger partial charge in [-0.05, 0) is 18.2 Å². The number of rotatable bonds is 1. The Kier molecular flexibility index (Phi) is 1.83. The summed E-state index contributed by atoms with van der Waals surface area (Å²) < 4.78 is 5.52. The zero-order valence-corrected chi connectivity index (χ0v) is 9.14. The van der Waals surface area contributed by atoms with E-state index in [0.717, 1.165) is 27.9 Å². The first-order valence-electron chi connectivity index (χ1n) is 5.06. The molecule has 0 N–H and O–H groups in total. The van der Waals surface area contributed by atoms with Crippen molar-refractivity contribution in [1.82, 2.24) is 10.2 Å². The summed E-state index contributed by atoms with van der Waals surface area (Å²) in [6.45, 7) is 0. The zero-order chi connectivity index (χ0) is 11.1. The Labute approximate surface area is 92.8 Å². The first-order chi connectivity index (χ1) is 7.75. The molecule has 0 unspecified atom stereocenters. The smallest absolute Gasteiger partial charge is 0.136 e. The van der Waals surface area contributed by atoms with E-state index in [2.05, 4.69) is 21.2 Å². The van der Waals surface area contributed by atoms with Crippen LogP contribution in [0.3, 0.4) is 0 Å². The Bertz CT molecular complexity index is 615. The van der Waals surface area contributed by atoms with Crippen molar-refractivity contribution in [3.05, 3.63) is 30.7 Å². The molecule has 0 aromatic heterocycles. The maximum Gasteiger partial charge on any atom is 0.136 e. The van der Waals surface area contributed by atoms with Crippen LogP contribution >= 0.6 is 0 Å². The highest BCUT2D eigenvalue weighted by molar-refractivity contribution is 5.93. The molecule has 1 aromatic carbocycles. The van der Waals surface area contributed by atoms with Crippen LogP contribution in [0.4, 0.5) is 5.69 Å². The largest absolute Gasteiger partial charge is 0.464 e. The maximum atomic E-state index is 5.52. The molecule has 4 nitrogen and oxygen atoms in total. The molecular formula is C12H11N3O. The molecule has 3 rings (SSSR count). The van der Waals surface area contributed by atoms with Gasteiger partial charge in [-0.3, -0.25) is 0 Å². The average molecular weight is 213 g/mol. The van der Waals surface area contributed by atoms with Crippen LogP contribution in [0.2, 0.25) is 0 Å². The lowest BCUT2D eigenvalue weighted by atomic mass is 10.1. The van der Waals surface area contributed by atoms with Gasteiger partial charge >= 0.3 is 0 Å². The van der Waals surface area contributed by atoms with Crippen molar-refractivity contribution in [2.45, 2.75) is 0 Å². The van der Waals surface area contributed by atoms with Gasteiger partial charge in [0.2, 0.25) is 0 Å². The van der Waals surface area contributed by atoms with Crippen LogP contribution in [0.5, 0.6) is 0 Å². The first-order valence-corrected chi connectivity index (χ1v) is 5.06. The van der Waals surface area contributed by atoms with E-state index in [1.165, 1.54) is 0 Å². The van der Waals surface area contributed by atoms with Crippen LogP contribution < -0.4 is 4.90 Å². The van der Waals surface area contributed by atoms with E-state index in [1.54, 1.807) is 12.5 Å². The summed E-state index contributed by atoms with van der Waals surface area (Å²) in [5.74, 6) is 0. The lowest BCUT2D eigenvalue weighted by Crippen LogP contribution is -2.08. The van der Waals surface area contributed by atoms with Gasteiger partial charge in [-0.15, -0.1) is 5.10 Å². The lowest BCUT2D eigenvalue weighted by molar-refractivity contribution is 0.605. The molecular weight excluding hydrogens is 202 g/mol. The molecule has 80 valence electrons. The zero-order valence-electron chi connectivity index (χ0n) is 9.14. The molecule has 2 aliphatic rings. The number of hydrogen-bond donors (Lipinski definition) is 0. The summed E-state index contributed by atoms with van der Waals surface area (Å²) in [5, 5.41) is 9.02. The quantitative estimate of drug-likeness (QED) is 0.622. The summed E-state index contributed by atoms with van der Waals surface area (Å²) in [6.07, 6.45) is 3.40. The lowest BCUT2D eigenvalue weighted by Gasteiger charge is -2.13. The minimum atomic E-state index is 0.832. The van der Waals surface area contributed by atoms with Crippen molar-refractivity contribution in [3.8, 4) is 11.3 Å². The second kappa shape index (κ2) is 3.20. The Morgan fingerprint density at radius 2 is 2.12 bits per heavy atom. The summed E-state index contributed by atoms with van der Waals surface area (Å²) in [5.41, 5.74) is 3.78. The van der Waals surface area contributed by atoms with Crippen LogP contribution in [-0.4, -0.2) is 24.3 Å². The van der Waals surface area contributed by atoms with Crippen molar-refractivity contribution in [1.29, 1.82) is 0 Å². The number of aromatic nitrogens is 2. The normalized spacial score (nSPS) is 11.1. The van der Waals surface area contributed by atoms with Crippen LogP contribution in [-0.2, 0) is 0 Å². The van der Waals surface area contributed by atoms with Crippen molar-refractivity contribution < 1.29 is 4.42 Å². The summed E-state index contributed by atoms with van der Waals surface area (Å²) in [6, 6.07) is 6.04. The van der Waals surface area contributed by atoms with Gasteiger partial charge in [-0.25, -0.2) is 0 Å². The minimum absolute atomic E-state index is 0.832. The SMILES string of the molecule is CN(C)c1ccc2occ3cnnc-3c2c1. The predicted octanol–water partition coefficient (Wildman–Crippen LogP) is 2.39. The Hall–Kier alpha value is -2.10. The summed E-state index contributed by atoms with van der Waals surface area (Å²) in [7, 11) is 4.02. The molecule has 0 bridgehead atoms. The molecule has 0 saturated carbocycles. The monoisotopic (exact) mass is 213 g/mol. The second-order valence-electron chi connectivity index (χ2n) is 3.96. The number of anilines is 1. The molecule has 1 aromatic rings. The molecule has 0 amide bonds. The van der Waals surface area contributed by atoms with Crippen LogP contribution in [0.15, 0.2) is 35.1 Å². The van der Waals surface area contributed by atoms with Crippen molar-refractivity contribution in [3.63, 3.8) is 0 Å². The van der Waals surface area contributed by atoms with Gasteiger partial charge in [0.05, 0.1) is 11.8 Å². The van der Waals surface area contributed by atoms with Gasteiger partial charge in [0, 0.05) is 25.2 Å². The molecule has 0 saturated heterocycles. The van der Waals surface area contributed by atoms with Crippen molar-refractivity contribution in [2.24, 2.45) is 0 Å². The van der Waals surface area contributed by atoms with E-state index in [4.69, 9.17) is 4.42 Å². The van der Waals surface area contributed by atoms with E-state index >= 15 is 0 Å². The topological polar surface area (TPSA) is 42.2 Å². The average Bonchev–Trinajstić information content (AvgIpc) is 2.76. The van der Waals surface area contributed by atoms with Crippen molar-refractivity contribution >= 4 is 16.7 Å². The third-order valence-electron chi connectivity index (χ3n) is 2.68. The minimum Gasteiger partial charge on any atom is -0.464 e. The molecule has 0 fully saturated rings. The number of nitrogens with zero attached hydrogens (tertiary/aromatic N) is 3. The first kappa shape index (κ1) is 9.15. The third kappa shape index (κ3) is 1.23. The molecule has 0 spiro atoms. The van der Waals surface area contributed by atoms with E-state index in [-0.39, 0.29) is 0 Å². The molecule has 2 aliphatic heterocycles. The Morgan fingerprint density at radius 3 is 2.94 bits per heavy atom. The van der Waals surface area contributed by atoms with E-state index in [9.17, 15) is 0 Å². The number of hydrogen-bond acceptors (Lipinski definition) is 4. The fraction of sp³-hybridized carbons (Fsp3) is 0.167. The second-order valence-corrected chi connectivity index (χ2v) is 3.96. The van der Waals surface area contributed by atoms with Crippen LogP contribution in [0.1, 0.15) is 0 Å². The van der Waals surface area contributed by atoms with Crippen LogP contribution in [0, 0.1) is 0 Å². The number of fused-ring (bicyclic) bond motifs is 3. The molecule has 0 atom stereocenters. The van der Waals surface area contributed by atoms with Gasteiger partial charge < -0.3 is 9.32 Å². The summed E-state index contributed by atoms with van der Waals surface area (Å²) >= 11 is 0. The van der Waals surface area contributed by atoms with Gasteiger partial charge in [0.1, 0.15) is 17.5 Å². The van der Waals surface area contributed by atoms with E-state index in [0.29, 0.717) is 0 Å². The summed E-state index contributed by atoms with van der Waals surface area (Å²) in [4.78, 5) is 2.05. The third-order valence-corrected chi connectivity index (χ3v) is 2.68. The van der Waals surface area contributed by atoms with E-state index < -0.39 is 0 Å². The van der Waals surface area contributed by atoms with Crippen LogP contribution in [0.25, 0.3) is 22.2 Å². The van der Waals surface area contributed by atoms with Crippen molar-refractivity contribution in [2.75, 3.05) is 19.0 Å². The highest BCUT2D eigenvalue weighted by Crippen LogP contribution is 2.30. The molecule has 0 aliphatic carbocycles. The highest BCUT2D eigenvalue weighted by atomic mass is 16.3. The Morgan fingerprint density at radius 1 is 1.25 bits per heavy atom. The predicted molar refractivity (Wildman–Crippen MR) is 62.8 cm³/mol. The van der Waals surface area contributed by atoms with E-state index in [1.807, 2.05) is 26.2 Å². The maximum absolute atomic E-state index is 5.52. The standard InChI is InChI=1S/C12H11N3O/c1-15(2)9-3-4-11-10(5-9)12-8(7-16-11)6-13-14-12/h3-7H,1-2H3. The molecule has 0 radical (unpaired) electrons. The molecule has 4 heteroatoms. The van der Waals surface area contributed by atoms with Gasteiger partial charge in [0.25, 0.3) is 0 Å². The van der Waals surface area contributed by atoms with Gasteiger partial charge in [-0.2, -0.15) is 5.10 Å². The molecule has 16 heavy (non-hydrogen) atoms. The van der Waals surface area contributed by atoms with Gasteiger partial charge in [0.15, 0.2) is 0 Å².